The predicted octanol–water partition coefficient (Wildman–Crippen LogP) is 3.57. The largest absolute Gasteiger partial charge is 0.495 e. The monoisotopic (exact) mass is 442 g/mol. The molecule has 1 unspecified atom stereocenters. The summed E-state index contributed by atoms with van der Waals surface area (Å²) in [6.45, 7) is 1.52. The SMILES string of the molecule is COc1ccc(Cl)cc1NC(=O)c1ccc(Cl)c(N2C(=O)C(C)CS2(=O)=O)c1. The van der Waals surface area contributed by atoms with E-state index in [9.17, 15) is 18.0 Å². The molecule has 3 rings (SSSR count). The average molecular weight is 443 g/mol. The molecule has 1 heterocycles. The molecule has 0 saturated carbocycles. The Kier molecular flexibility index (Phi) is 5.56. The Bertz CT molecular complexity index is 1070. The summed E-state index contributed by atoms with van der Waals surface area (Å²) in [5.74, 6) is -1.72. The number of nitrogens with zero attached hydrogens (tertiary/aromatic N) is 1. The highest BCUT2D eigenvalue weighted by atomic mass is 35.5. The van der Waals surface area contributed by atoms with Crippen LogP contribution < -0.4 is 14.4 Å². The minimum absolute atomic E-state index is 0.0444. The van der Waals surface area contributed by atoms with Gasteiger partial charge in [-0.15, -0.1) is 0 Å². The van der Waals surface area contributed by atoms with Gasteiger partial charge in [0.05, 0.1) is 35.2 Å². The maximum atomic E-state index is 12.7. The van der Waals surface area contributed by atoms with Crippen LogP contribution in [0, 0.1) is 5.92 Å². The molecule has 0 aromatic heterocycles. The second-order valence-electron chi connectivity index (χ2n) is 6.25. The van der Waals surface area contributed by atoms with Crippen LogP contribution in [0.15, 0.2) is 36.4 Å². The lowest BCUT2D eigenvalue weighted by Gasteiger charge is -2.18. The number of nitrogens with one attached hydrogen (secondary N) is 1. The molecule has 2 amide bonds. The number of benzene rings is 2. The zero-order chi connectivity index (χ0) is 20.6. The first-order valence-corrected chi connectivity index (χ1v) is 10.5. The molecule has 7 nitrogen and oxygen atoms in total. The van der Waals surface area contributed by atoms with Crippen LogP contribution in [-0.4, -0.2) is 33.1 Å². The molecule has 1 fully saturated rings. The third kappa shape index (κ3) is 3.80. The van der Waals surface area contributed by atoms with Crippen molar-refractivity contribution >= 4 is 56.4 Å². The van der Waals surface area contributed by atoms with E-state index >= 15 is 0 Å². The van der Waals surface area contributed by atoms with Gasteiger partial charge < -0.3 is 10.1 Å². The van der Waals surface area contributed by atoms with E-state index in [-0.39, 0.29) is 22.0 Å². The van der Waals surface area contributed by atoms with Gasteiger partial charge in [-0.2, -0.15) is 0 Å². The van der Waals surface area contributed by atoms with E-state index in [1.54, 1.807) is 12.1 Å². The van der Waals surface area contributed by atoms with Gasteiger partial charge in [0.15, 0.2) is 0 Å². The third-order valence-corrected chi connectivity index (χ3v) is 6.61. The maximum Gasteiger partial charge on any atom is 0.255 e. The fourth-order valence-electron chi connectivity index (χ4n) is 2.85. The van der Waals surface area contributed by atoms with E-state index in [2.05, 4.69) is 5.32 Å². The number of rotatable bonds is 4. The molecule has 10 heteroatoms. The van der Waals surface area contributed by atoms with Crippen molar-refractivity contribution in [2.75, 3.05) is 22.5 Å². The van der Waals surface area contributed by atoms with E-state index in [1.165, 1.54) is 38.3 Å². The summed E-state index contributed by atoms with van der Waals surface area (Å²) in [6.07, 6.45) is 0. The summed E-state index contributed by atoms with van der Waals surface area (Å²) in [6, 6.07) is 8.79. The van der Waals surface area contributed by atoms with Crippen molar-refractivity contribution in [2.24, 2.45) is 5.92 Å². The van der Waals surface area contributed by atoms with E-state index < -0.39 is 27.8 Å². The molecule has 0 aliphatic carbocycles. The number of ether oxygens (including phenoxy) is 1. The Hall–Kier alpha value is -2.29. The fourth-order valence-corrected chi connectivity index (χ4v) is 5.10. The summed E-state index contributed by atoms with van der Waals surface area (Å²) in [7, 11) is -2.40. The minimum Gasteiger partial charge on any atom is -0.495 e. The molecule has 1 aliphatic heterocycles. The highest BCUT2D eigenvalue weighted by Gasteiger charge is 2.43. The van der Waals surface area contributed by atoms with Gasteiger partial charge in [0, 0.05) is 10.6 Å². The van der Waals surface area contributed by atoms with Crippen molar-refractivity contribution in [3.63, 3.8) is 0 Å². The van der Waals surface area contributed by atoms with E-state index in [0.717, 1.165) is 0 Å². The van der Waals surface area contributed by atoms with Gasteiger partial charge in [-0.05, 0) is 36.4 Å². The van der Waals surface area contributed by atoms with Gasteiger partial charge in [0.1, 0.15) is 5.75 Å². The molecule has 1 atom stereocenters. The first kappa shape index (κ1) is 20.4. The lowest BCUT2D eigenvalue weighted by Crippen LogP contribution is -2.30. The number of methoxy groups -OCH3 is 1. The number of carbonyl (C=O) groups is 2. The highest BCUT2D eigenvalue weighted by Crippen LogP contribution is 2.35. The Morgan fingerprint density at radius 3 is 2.54 bits per heavy atom. The summed E-state index contributed by atoms with van der Waals surface area (Å²) in [4.78, 5) is 25.0. The van der Waals surface area contributed by atoms with Gasteiger partial charge in [-0.1, -0.05) is 30.1 Å². The first-order valence-electron chi connectivity index (χ1n) is 8.15. The molecule has 1 N–H and O–H groups in total. The van der Waals surface area contributed by atoms with Crippen LogP contribution in [0.25, 0.3) is 0 Å². The Labute approximate surface area is 172 Å². The molecule has 1 aliphatic rings. The van der Waals surface area contributed by atoms with Crippen LogP contribution in [0.4, 0.5) is 11.4 Å². The zero-order valence-electron chi connectivity index (χ0n) is 14.9. The fraction of sp³-hybridized carbons (Fsp3) is 0.222. The third-order valence-electron chi connectivity index (χ3n) is 4.20. The van der Waals surface area contributed by atoms with Gasteiger partial charge in [-0.3, -0.25) is 9.59 Å². The second-order valence-corrected chi connectivity index (χ2v) is 8.95. The van der Waals surface area contributed by atoms with Crippen LogP contribution >= 0.6 is 23.2 Å². The zero-order valence-corrected chi connectivity index (χ0v) is 17.2. The minimum atomic E-state index is -3.85. The quantitative estimate of drug-likeness (QED) is 0.780. The maximum absolute atomic E-state index is 12.7. The van der Waals surface area contributed by atoms with Crippen LogP contribution in [0.2, 0.25) is 10.0 Å². The summed E-state index contributed by atoms with van der Waals surface area (Å²) >= 11 is 12.1. The average Bonchev–Trinajstić information content (AvgIpc) is 2.83. The summed E-state index contributed by atoms with van der Waals surface area (Å²) < 4.78 is 30.5. The van der Waals surface area contributed by atoms with Crippen molar-refractivity contribution in [1.29, 1.82) is 0 Å². The van der Waals surface area contributed by atoms with Crippen LogP contribution in [0.3, 0.4) is 0 Å². The number of anilines is 2. The normalized spacial score (nSPS) is 18.2. The van der Waals surface area contributed by atoms with Gasteiger partial charge in [0.25, 0.3) is 5.91 Å². The smallest absolute Gasteiger partial charge is 0.255 e. The number of carbonyl (C=O) groups excluding carboxylic acids is 2. The highest BCUT2D eigenvalue weighted by molar-refractivity contribution is 7.94. The Balaban J connectivity index is 1.97. The molecule has 1 saturated heterocycles. The molecule has 2 aromatic carbocycles. The Morgan fingerprint density at radius 2 is 1.93 bits per heavy atom. The van der Waals surface area contributed by atoms with E-state index in [1.807, 2.05) is 0 Å². The lowest BCUT2D eigenvalue weighted by atomic mass is 10.1. The van der Waals surface area contributed by atoms with Crippen molar-refractivity contribution in [3.05, 3.63) is 52.0 Å². The van der Waals surface area contributed by atoms with Crippen LogP contribution in [-0.2, 0) is 14.8 Å². The molecular weight excluding hydrogens is 427 g/mol. The molecule has 2 aromatic rings. The lowest BCUT2D eigenvalue weighted by molar-refractivity contribution is -0.119. The number of hydrogen-bond donors (Lipinski definition) is 1. The molecular formula is C18H16Cl2N2O5S. The number of halogens is 2. The van der Waals surface area contributed by atoms with Crippen molar-refractivity contribution in [2.45, 2.75) is 6.92 Å². The second kappa shape index (κ2) is 7.62. The van der Waals surface area contributed by atoms with Crippen LogP contribution in [0.5, 0.6) is 5.75 Å². The van der Waals surface area contributed by atoms with Crippen molar-refractivity contribution in [3.8, 4) is 5.75 Å². The van der Waals surface area contributed by atoms with Gasteiger partial charge >= 0.3 is 0 Å². The number of sulfonamides is 1. The summed E-state index contributed by atoms with van der Waals surface area (Å²) in [5.41, 5.74) is 0.403. The molecule has 0 spiro atoms. The van der Waals surface area contributed by atoms with Crippen molar-refractivity contribution < 1.29 is 22.7 Å². The van der Waals surface area contributed by atoms with Crippen LogP contribution in [0.1, 0.15) is 17.3 Å². The molecule has 0 bridgehead atoms. The van der Waals surface area contributed by atoms with Gasteiger partial charge in [0.2, 0.25) is 15.9 Å². The van der Waals surface area contributed by atoms with E-state index in [0.29, 0.717) is 20.8 Å². The Morgan fingerprint density at radius 1 is 1.21 bits per heavy atom. The topological polar surface area (TPSA) is 92.8 Å². The van der Waals surface area contributed by atoms with Gasteiger partial charge in [-0.25, -0.2) is 12.7 Å². The van der Waals surface area contributed by atoms with E-state index in [4.69, 9.17) is 27.9 Å². The standard InChI is InChI=1S/C18H16Cl2N2O5S/c1-10-9-28(25,26)22(18(10)24)15-7-11(3-5-13(15)20)17(23)21-14-8-12(19)4-6-16(14)27-2/h3-8,10H,9H2,1-2H3,(H,21,23). The molecule has 28 heavy (non-hydrogen) atoms. The number of hydrogen-bond acceptors (Lipinski definition) is 5. The number of amides is 2. The van der Waals surface area contributed by atoms with Crippen molar-refractivity contribution in [1.82, 2.24) is 0 Å². The molecule has 148 valence electrons. The summed E-state index contributed by atoms with van der Waals surface area (Å²) in [5, 5.41) is 3.10. The predicted molar refractivity (Wildman–Crippen MR) is 108 cm³/mol. The molecule has 0 radical (unpaired) electrons. The first-order chi connectivity index (χ1) is 13.1.